The molecule has 0 saturated heterocycles. The third-order valence-corrected chi connectivity index (χ3v) is 2.42. The normalized spacial score (nSPS) is 11.9. The molecule has 4 heteroatoms. The van der Waals surface area contributed by atoms with Gasteiger partial charge in [0.1, 0.15) is 0 Å². The highest BCUT2D eigenvalue weighted by molar-refractivity contribution is 5.79. The Kier molecular flexibility index (Phi) is 5.65. The van der Waals surface area contributed by atoms with Crippen LogP contribution in [0, 0.1) is 17.8 Å². The van der Waals surface area contributed by atoms with E-state index in [9.17, 15) is 13.6 Å². The summed E-state index contributed by atoms with van der Waals surface area (Å²) in [5.41, 5.74) is 0. The van der Waals surface area contributed by atoms with Crippen molar-refractivity contribution in [3.8, 4) is 0 Å². The van der Waals surface area contributed by atoms with Crippen molar-refractivity contribution in [1.82, 2.24) is 5.32 Å². The van der Waals surface area contributed by atoms with Gasteiger partial charge in [0, 0.05) is 6.54 Å². The van der Waals surface area contributed by atoms with Crippen LogP contribution in [0.15, 0.2) is 0 Å². The molecule has 0 aliphatic rings. The Hall–Kier alpha value is -0.670. The maximum absolute atomic E-state index is 11.9. The minimum atomic E-state index is -2.91. The van der Waals surface area contributed by atoms with Crippen molar-refractivity contribution in [2.75, 3.05) is 6.54 Å². The number of rotatable bonds is 5. The van der Waals surface area contributed by atoms with E-state index in [4.69, 9.17) is 0 Å². The fourth-order valence-corrected chi connectivity index (χ4v) is 1.54. The first-order chi connectivity index (χ1) is 6.36. The van der Waals surface area contributed by atoms with Crippen molar-refractivity contribution >= 4 is 5.91 Å². The van der Waals surface area contributed by atoms with Gasteiger partial charge in [-0.3, -0.25) is 4.79 Å². The molecule has 0 heterocycles. The average Bonchev–Trinajstić information content (AvgIpc) is 2.02. The number of hydrogen-bond donors (Lipinski definition) is 1. The van der Waals surface area contributed by atoms with Gasteiger partial charge in [0.2, 0.25) is 0 Å². The number of carbonyl (C=O) groups is 1. The fourth-order valence-electron chi connectivity index (χ4n) is 1.54. The third-order valence-electron chi connectivity index (χ3n) is 2.42. The summed E-state index contributed by atoms with van der Waals surface area (Å²) < 4.78 is 23.7. The molecule has 0 radical (unpaired) electrons. The standard InChI is InChI=1S/C10H19F2NO/c1-6(2)8(7(3)4)5-13-10(14)9(11)12/h6-9H,5H2,1-4H3,(H,13,14). The zero-order valence-electron chi connectivity index (χ0n) is 9.18. The zero-order valence-corrected chi connectivity index (χ0v) is 9.18. The van der Waals surface area contributed by atoms with Crippen LogP contribution < -0.4 is 5.32 Å². The lowest BCUT2D eigenvalue weighted by Crippen LogP contribution is -2.37. The van der Waals surface area contributed by atoms with E-state index in [0.29, 0.717) is 18.4 Å². The molecule has 0 aliphatic heterocycles. The quantitative estimate of drug-likeness (QED) is 0.736. The monoisotopic (exact) mass is 207 g/mol. The van der Waals surface area contributed by atoms with Gasteiger partial charge in [0.05, 0.1) is 0 Å². The lowest BCUT2D eigenvalue weighted by atomic mass is 9.85. The Morgan fingerprint density at radius 3 is 1.86 bits per heavy atom. The Balaban J connectivity index is 4.01. The molecule has 0 atom stereocenters. The molecule has 84 valence electrons. The van der Waals surface area contributed by atoms with Gasteiger partial charge in [-0.05, 0) is 17.8 Å². The maximum atomic E-state index is 11.9. The lowest BCUT2D eigenvalue weighted by molar-refractivity contribution is -0.132. The molecule has 0 aliphatic carbocycles. The summed E-state index contributed by atoms with van der Waals surface area (Å²) in [6, 6.07) is 0. The van der Waals surface area contributed by atoms with E-state index in [2.05, 4.69) is 5.32 Å². The van der Waals surface area contributed by atoms with Gasteiger partial charge in [0.15, 0.2) is 0 Å². The fraction of sp³-hybridized carbons (Fsp3) is 0.900. The van der Waals surface area contributed by atoms with Gasteiger partial charge in [-0.2, -0.15) is 8.78 Å². The Bertz CT molecular complexity index is 173. The van der Waals surface area contributed by atoms with Crippen LogP contribution in [-0.2, 0) is 4.79 Å². The minimum absolute atomic E-state index is 0.248. The van der Waals surface area contributed by atoms with Crippen molar-refractivity contribution < 1.29 is 13.6 Å². The predicted octanol–water partition coefficient (Wildman–Crippen LogP) is 2.30. The van der Waals surface area contributed by atoms with E-state index in [1.807, 2.05) is 27.7 Å². The van der Waals surface area contributed by atoms with Crippen LogP contribution in [0.2, 0.25) is 0 Å². The molecule has 0 aromatic rings. The summed E-state index contributed by atoms with van der Waals surface area (Å²) in [4.78, 5) is 10.6. The summed E-state index contributed by atoms with van der Waals surface area (Å²) in [5.74, 6) is -0.157. The molecule has 1 amide bonds. The molecule has 0 saturated carbocycles. The van der Waals surface area contributed by atoms with Crippen LogP contribution in [0.4, 0.5) is 8.78 Å². The highest BCUT2D eigenvalue weighted by atomic mass is 19.3. The van der Waals surface area contributed by atoms with Crippen molar-refractivity contribution in [2.45, 2.75) is 34.1 Å². The van der Waals surface area contributed by atoms with Gasteiger partial charge < -0.3 is 5.32 Å². The average molecular weight is 207 g/mol. The first-order valence-corrected chi connectivity index (χ1v) is 4.92. The molecule has 0 spiro atoms. The molecule has 0 fully saturated rings. The highest BCUT2D eigenvalue weighted by Crippen LogP contribution is 2.19. The van der Waals surface area contributed by atoms with Crippen LogP contribution in [0.5, 0.6) is 0 Å². The Labute approximate surface area is 84.1 Å². The van der Waals surface area contributed by atoms with Crippen molar-refractivity contribution in [3.05, 3.63) is 0 Å². The zero-order chi connectivity index (χ0) is 11.3. The van der Waals surface area contributed by atoms with Crippen LogP contribution >= 0.6 is 0 Å². The van der Waals surface area contributed by atoms with Crippen LogP contribution in [0.25, 0.3) is 0 Å². The maximum Gasteiger partial charge on any atom is 0.315 e. The highest BCUT2D eigenvalue weighted by Gasteiger charge is 2.21. The summed E-state index contributed by atoms with van der Waals surface area (Å²) in [6.45, 7) is 8.44. The van der Waals surface area contributed by atoms with E-state index in [0.717, 1.165) is 0 Å². The molecule has 0 aromatic carbocycles. The molecule has 0 bridgehead atoms. The van der Waals surface area contributed by atoms with Gasteiger partial charge in [-0.1, -0.05) is 27.7 Å². The number of amides is 1. The third kappa shape index (κ3) is 4.53. The second-order valence-corrected chi connectivity index (χ2v) is 4.20. The molecule has 0 rings (SSSR count). The van der Waals surface area contributed by atoms with Crippen molar-refractivity contribution in [3.63, 3.8) is 0 Å². The molecule has 0 aromatic heterocycles. The van der Waals surface area contributed by atoms with Gasteiger partial charge in [-0.15, -0.1) is 0 Å². The topological polar surface area (TPSA) is 29.1 Å². The summed E-state index contributed by atoms with van der Waals surface area (Å²) in [7, 11) is 0. The first kappa shape index (κ1) is 13.3. The second kappa shape index (κ2) is 5.94. The number of carbonyl (C=O) groups excluding carboxylic acids is 1. The predicted molar refractivity (Wildman–Crippen MR) is 52.2 cm³/mol. The second-order valence-electron chi connectivity index (χ2n) is 4.20. The van der Waals surface area contributed by atoms with E-state index < -0.39 is 12.3 Å². The van der Waals surface area contributed by atoms with E-state index in [1.165, 1.54) is 0 Å². The largest absolute Gasteiger partial charge is 0.351 e. The van der Waals surface area contributed by atoms with E-state index >= 15 is 0 Å². The lowest BCUT2D eigenvalue weighted by Gasteiger charge is -2.24. The molecular weight excluding hydrogens is 188 g/mol. The first-order valence-electron chi connectivity index (χ1n) is 4.92. The summed E-state index contributed by atoms with van der Waals surface area (Å²) in [6.07, 6.45) is -2.91. The molecule has 14 heavy (non-hydrogen) atoms. The number of alkyl halides is 2. The van der Waals surface area contributed by atoms with Crippen molar-refractivity contribution in [2.24, 2.45) is 17.8 Å². The van der Waals surface area contributed by atoms with Crippen molar-refractivity contribution in [1.29, 1.82) is 0 Å². The van der Waals surface area contributed by atoms with Gasteiger partial charge >= 0.3 is 6.43 Å². The minimum Gasteiger partial charge on any atom is -0.351 e. The Morgan fingerprint density at radius 2 is 1.57 bits per heavy atom. The summed E-state index contributed by atoms with van der Waals surface area (Å²) >= 11 is 0. The van der Waals surface area contributed by atoms with Crippen LogP contribution in [0.1, 0.15) is 27.7 Å². The smallest absolute Gasteiger partial charge is 0.315 e. The van der Waals surface area contributed by atoms with Gasteiger partial charge in [0.25, 0.3) is 5.91 Å². The van der Waals surface area contributed by atoms with Crippen LogP contribution in [-0.4, -0.2) is 18.9 Å². The van der Waals surface area contributed by atoms with Crippen LogP contribution in [0.3, 0.4) is 0 Å². The Morgan fingerprint density at radius 1 is 1.14 bits per heavy atom. The summed E-state index contributed by atoms with van der Waals surface area (Å²) in [5, 5.41) is 2.26. The SMILES string of the molecule is CC(C)C(CNC(=O)C(F)F)C(C)C. The number of hydrogen-bond acceptors (Lipinski definition) is 1. The molecule has 2 nitrogen and oxygen atoms in total. The number of halogens is 2. The van der Waals surface area contributed by atoms with E-state index in [-0.39, 0.29) is 5.92 Å². The molecule has 1 N–H and O–H groups in total. The molecular formula is C10H19F2NO. The number of nitrogens with one attached hydrogen (secondary N) is 1. The van der Waals surface area contributed by atoms with E-state index in [1.54, 1.807) is 0 Å². The molecule has 0 unspecified atom stereocenters. The van der Waals surface area contributed by atoms with Gasteiger partial charge in [-0.25, -0.2) is 0 Å².